The van der Waals surface area contributed by atoms with Crippen LogP contribution >= 0.6 is 0 Å². The highest BCUT2D eigenvalue weighted by Gasteiger charge is 2.05. The molecule has 0 saturated carbocycles. The molecule has 2 N–H and O–H groups in total. The minimum absolute atomic E-state index is 0.279. The number of anilines is 1. The highest BCUT2D eigenvalue weighted by molar-refractivity contribution is 6.35. The van der Waals surface area contributed by atoms with Crippen molar-refractivity contribution in [2.24, 2.45) is 5.10 Å². The standard InChI is InChI=1S/C12H14N4O2/c1-3-18-12(17)8(2)14-15-10-5-4-9-7-13-16-11(9)6-10/h4-7,15H,3H2,1-2H3,(H,13,16)/b14-8-. The summed E-state index contributed by atoms with van der Waals surface area (Å²) in [5.74, 6) is -0.424. The van der Waals surface area contributed by atoms with Crippen molar-refractivity contribution in [1.29, 1.82) is 0 Å². The van der Waals surface area contributed by atoms with Gasteiger partial charge in [0.1, 0.15) is 5.71 Å². The number of rotatable bonds is 4. The number of H-pyrrole nitrogens is 1. The Morgan fingerprint density at radius 3 is 3.17 bits per heavy atom. The Morgan fingerprint density at radius 2 is 2.39 bits per heavy atom. The molecule has 6 heteroatoms. The smallest absolute Gasteiger partial charge is 0.354 e. The average molecular weight is 246 g/mol. The van der Waals surface area contributed by atoms with Crippen LogP contribution in [0.5, 0.6) is 0 Å². The second-order valence-corrected chi connectivity index (χ2v) is 3.70. The zero-order valence-electron chi connectivity index (χ0n) is 10.2. The van der Waals surface area contributed by atoms with Crippen LogP contribution in [0.2, 0.25) is 0 Å². The predicted molar refractivity (Wildman–Crippen MR) is 69.5 cm³/mol. The summed E-state index contributed by atoms with van der Waals surface area (Å²) in [6.45, 7) is 3.69. The number of nitrogens with zero attached hydrogens (tertiary/aromatic N) is 2. The minimum Gasteiger partial charge on any atom is -0.461 e. The van der Waals surface area contributed by atoms with E-state index in [0.717, 1.165) is 16.6 Å². The van der Waals surface area contributed by atoms with Gasteiger partial charge in [0.05, 0.1) is 24.0 Å². The predicted octanol–water partition coefficient (Wildman–Crippen LogP) is 1.91. The molecule has 1 aromatic heterocycles. The van der Waals surface area contributed by atoms with Crippen LogP contribution in [0.25, 0.3) is 10.9 Å². The number of aromatic nitrogens is 2. The van der Waals surface area contributed by atoms with Gasteiger partial charge in [0, 0.05) is 5.39 Å². The lowest BCUT2D eigenvalue weighted by Gasteiger charge is -2.03. The Morgan fingerprint density at radius 1 is 1.56 bits per heavy atom. The van der Waals surface area contributed by atoms with Gasteiger partial charge in [0.2, 0.25) is 0 Å². The van der Waals surface area contributed by atoms with Gasteiger partial charge in [-0.2, -0.15) is 10.2 Å². The fourth-order valence-electron chi connectivity index (χ4n) is 1.44. The number of nitrogens with one attached hydrogen (secondary N) is 2. The van der Waals surface area contributed by atoms with Crippen molar-refractivity contribution in [3.05, 3.63) is 24.4 Å². The Bertz CT molecular complexity index is 589. The van der Waals surface area contributed by atoms with Gasteiger partial charge < -0.3 is 4.74 Å². The molecule has 1 aromatic carbocycles. The van der Waals surface area contributed by atoms with Gasteiger partial charge in [-0.1, -0.05) is 0 Å². The zero-order chi connectivity index (χ0) is 13.0. The maximum atomic E-state index is 11.3. The fraction of sp³-hybridized carbons (Fsp3) is 0.250. The number of esters is 1. The second kappa shape index (κ2) is 5.31. The van der Waals surface area contributed by atoms with E-state index in [1.165, 1.54) is 0 Å². The van der Waals surface area contributed by atoms with Crippen molar-refractivity contribution in [2.75, 3.05) is 12.0 Å². The third-order valence-corrected chi connectivity index (χ3v) is 2.37. The van der Waals surface area contributed by atoms with E-state index in [4.69, 9.17) is 4.74 Å². The van der Waals surface area contributed by atoms with Crippen molar-refractivity contribution < 1.29 is 9.53 Å². The van der Waals surface area contributed by atoms with Crippen LogP contribution in [0.15, 0.2) is 29.5 Å². The molecule has 0 bridgehead atoms. The quantitative estimate of drug-likeness (QED) is 0.490. The topological polar surface area (TPSA) is 79.4 Å². The summed E-state index contributed by atoms with van der Waals surface area (Å²) < 4.78 is 4.82. The lowest BCUT2D eigenvalue weighted by Crippen LogP contribution is -2.15. The van der Waals surface area contributed by atoms with Gasteiger partial charge in [0.25, 0.3) is 0 Å². The largest absolute Gasteiger partial charge is 0.461 e. The van der Waals surface area contributed by atoms with Crippen molar-refractivity contribution >= 4 is 28.3 Å². The van der Waals surface area contributed by atoms with Gasteiger partial charge >= 0.3 is 5.97 Å². The average Bonchev–Trinajstić information content (AvgIpc) is 2.83. The number of ether oxygens (including phenoxy) is 1. The Labute approximate surface area is 104 Å². The van der Waals surface area contributed by atoms with Crippen molar-refractivity contribution in [3.63, 3.8) is 0 Å². The number of carbonyl (C=O) groups excluding carboxylic acids is 1. The molecule has 0 unspecified atom stereocenters. The van der Waals surface area contributed by atoms with Crippen LogP contribution in [-0.2, 0) is 9.53 Å². The fourth-order valence-corrected chi connectivity index (χ4v) is 1.44. The molecule has 1 heterocycles. The lowest BCUT2D eigenvalue weighted by molar-refractivity contribution is -0.135. The number of fused-ring (bicyclic) bond motifs is 1. The van der Waals surface area contributed by atoms with Gasteiger partial charge in [-0.15, -0.1) is 0 Å². The number of hydrazone groups is 1. The number of benzene rings is 1. The molecule has 18 heavy (non-hydrogen) atoms. The summed E-state index contributed by atoms with van der Waals surface area (Å²) in [5, 5.41) is 11.8. The van der Waals surface area contributed by atoms with Crippen LogP contribution in [0, 0.1) is 0 Å². The normalized spacial score (nSPS) is 11.6. The van der Waals surface area contributed by atoms with E-state index < -0.39 is 5.97 Å². The first-order valence-corrected chi connectivity index (χ1v) is 5.61. The molecule has 2 rings (SSSR count). The molecule has 0 spiro atoms. The van der Waals surface area contributed by atoms with E-state index in [9.17, 15) is 4.79 Å². The number of hydrogen-bond acceptors (Lipinski definition) is 5. The molecule has 0 fully saturated rings. The van der Waals surface area contributed by atoms with E-state index in [1.54, 1.807) is 20.0 Å². The highest BCUT2D eigenvalue weighted by Crippen LogP contribution is 2.16. The molecule has 0 aliphatic carbocycles. The van der Waals surface area contributed by atoms with E-state index in [1.807, 2.05) is 18.2 Å². The maximum absolute atomic E-state index is 11.3. The lowest BCUT2D eigenvalue weighted by atomic mass is 10.2. The molecular weight excluding hydrogens is 232 g/mol. The summed E-state index contributed by atoms with van der Waals surface area (Å²) in [5.41, 5.74) is 4.76. The third-order valence-electron chi connectivity index (χ3n) is 2.37. The number of aromatic amines is 1. The van der Waals surface area contributed by atoms with Crippen molar-refractivity contribution in [3.8, 4) is 0 Å². The molecule has 0 amide bonds. The molecule has 0 saturated heterocycles. The van der Waals surface area contributed by atoms with Crippen LogP contribution in [0.3, 0.4) is 0 Å². The number of carbonyl (C=O) groups is 1. The molecule has 0 atom stereocenters. The molecule has 6 nitrogen and oxygen atoms in total. The molecule has 0 aliphatic rings. The summed E-state index contributed by atoms with van der Waals surface area (Å²) in [6, 6.07) is 5.64. The molecule has 94 valence electrons. The summed E-state index contributed by atoms with van der Waals surface area (Å²) in [4.78, 5) is 11.3. The first-order chi connectivity index (χ1) is 8.70. The van der Waals surface area contributed by atoms with E-state index >= 15 is 0 Å². The summed E-state index contributed by atoms with van der Waals surface area (Å²) >= 11 is 0. The van der Waals surface area contributed by atoms with Crippen LogP contribution in [-0.4, -0.2) is 28.5 Å². The molecule has 0 radical (unpaired) electrons. The maximum Gasteiger partial charge on any atom is 0.354 e. The number of hydrogen-bond donors (Lipinski definition) is 2. The van der Waals surface area contributed by atoms with Gasteiger partial charge in [-0.25, -0.2) is 4.79 Å². The molecule has 0 aliphatic heterocycles. The van der Waals surface area contributed by atoms with Crippen molar-refractivity contribution in [1.82, 2.24) is 10.2 Å². The minimum atomic E-state index is -0.424. The SMILES string of the molecule is CCOC(=O)/C(C)=N\Nc1ccc2cn[nH]c2c1. The first kappa shape index (κ1) is 12.1. The first-order valence-electron chi connectivity index (χ1n) is 5.61. The second-order valence-electron chi connectivity index (χ2n) is 3.70. The van der Waals surface area contributed by atoms with Crippen LogP contribution in [0.1, 0.15) is 13.8 Å². The van der Waals surface area contributed by atoms with Gasteiger partial charge in [0.15, 0.2) is 0 Å². The van der Waals surface area contributed by atoms with Gasteiger partial charge in [-0.05, 0) is 32.0 Å². The third kappa shape index (κ3) is 2.65. The van der Waals surface area contributed by atoms with E-state index in [-0.39, 0.29) is 5.71 Å². The van der Waals surface area contributed by atoms with Gasteiger partial charge in [-0.3, -0.25) is 10.5 Å². The van der Waals surface area contributed by atoms with Crippen LogP contribution in [0.4, 0.5) is 5.69 Å². The van der Waals surface area contributed by atoms with E-state index in [2.05, 4.69) is 20.7 Å². The molecular formula is C12H14N4O2. The van der Waals surface area contributed by atoms with Crippen LogP contribution < -0.4 is 5.43 Å². The Kier molecular flexibility index (Phi) is 3.57. The monoisotopic (exact) mass is 246 g/mol. The molecule has 2 aromatic rings. The zero-order valence-corrected chi connectivity index (χ0v) is 10.2. The summed E-state index contributed by atoms with van der Waals surface area (Å²) in [7, 11) is 0. The Balaban J connectivity index is 2.09. The summed E-state index contributed by atoms with van der Waals surface area (Å²) in [6.07, 6.45) is 1.74. The van der Waals surface area contributed by atoms with E-state index in [0.29, 0.717) is 6.61 Å². The highest BCUT2D eigenvalue weighted by atomic mass is 16.5. The van der Waals surface area contributed by atoms with Crippen molar-refractivity contribution in [2.45, 2.75) is 13.8 Å². The Hall–Kier alpha value is -2.37.